The Morgan fingerprint density at radius 1 is 1.45 bits per heavy atom. The maximum Gasteiger partial charge on any atom is 0.254 e. The van der Waals surface area contributed by atoms with Crippen LogP contribution in [-0.4, -0.2) is 46.3 Å². The molecule has 6 heteroatoms. The number of rotatable bonds is 3. The van der Waals surface area contributed by atoms with Gasteiger partial charge in [0, 0.05) is 30.0 Å². The predicted molar refractivity (Wildman–Crippen MR) is 90.2 cm³/mol. The van der Waals surface area contributed by atoms with E-state index in [2.05, 4.69) is 4.99 Å². The average Bonchev–Trinajstić information content (AvgIpc) is 3.18. The molecule has 1 fully saturated rings. The van der Waals surface area contributed by atoms with Gasteiger partial charge in [0.1, 0.15) is 4.38 Å². The number of piperidine rings is 1. The Labute approximate surface area is 132 Å². The highest BCUT2D eigenvalue weighted by molar-refractivity contribution is 8.39. The van der Waals surface area contributed by atoms with E-state index in [4.69, 9.17) is 0 Å². The fourth-order valence-electron chi connectivity index (χ4n) is 2.46. The average molecular weight is 327 g/mol. The van der Waals surface area contributed by atoms with Crippen LogP contribution < -0.4 is 0 Å². The third kappa shape index (κ3) is 3.59. The Bertz CT molecular complexity index is 479. The van der Waals surface area contributed by atoms with E-state index in [-0.39, 0.29) is 5.91 Å². The second-order valence-electron chi connectivity index (χ2n) is 5.05. The number of hydrogen-bond donors (Lipinski definition) is 0. The van der Waals surface area contributed by atoms with Crippen molar-refractivity contribution in [3.63, 3.8) is 0 Å². The largest absolute Gasteiger partial charge is 0.339 e. The summed E-state index contributed by atoms with van der Waals surface area (Å²) in [4.78, 5) is 18.7. The molecular weight excluding hydrogens is 308 g/mol. The van der Waals surface area contributed by atoms with E-state index in [0.29, 0.717) is 0 Å². The van der Waals surface area contributed by atoms with Gasteiger partial charge in [-0.25, -0.2) is 0 Å². The molecule has 0 radical (unpaired) electrons. The summed E-state index contributed by atoms with van der Waals surface area (Å²) < 4.78 is 1.27. The first kappa shape index (κ1) is 14.5. The molecule has 0 N–H and O–H groups in total. The van der Waals surface area contributed by atoms with E-state index < -0.39 is 0 Å². The molecule has 3 nitrogen and oxygen atoms in total. The van der Waals surface area contributed by atoms with Gasteiger partial charge in [-0.3, -0.25) is 9.79 Å². The lowest BCUT2D eigenvalue weighted by atomic mass is 9.98. The van der Waals surface area contributed by atoms with E-state index in [1.807, 2.05) is 45.3 Å². The molecule has 1 amide bonds. The standard InChI is InChI=1S/C14H18N2OS3/c17-13(12-3-7-18-10-12)16-5-1-11(2-6-16)9-20-14-15-4-8-19-14/h3,7,10-11H,1-2,4-6,8-9H2. The molecular formula is C14H18N2OS3. The summed E-state index contributed by atoms with van der Waals surface area (Å²) in [5.41, 5.74) is 0.847. The van der Waals surface area contributed by atoms with Gasteiger partial charge in [0.2, 0.25) is 0 Å². The summed E-state index contributed by atoms with van der Waals surface area (Å²) in [5, 5.41) is 3.91. The van der Waals surface area contributed by atoms with Crippen LogP contribution in [0.1, 0.15) is 23.2 Å². The molecule has 0 bridgehead atoms. The van der Waals surface area contributed by atoms with Gasteiger partial charge < -0.3 is 4.90 Å². The Hall–Kier alpha value is -0.460. The maximum atomic E-state index is 12.2. The van der Waals surface area contributed by atoms with E-state index >= 15 is 0 Å². The van der Waals surface area contributed by atoms with E-state index in [9.17, 15) is 4.79 Å². The number of carbonyl (C=O) groups is 1. The zero-order chi connectivity index (χ0) is 13.8. The topological polar surface area (TPSA) is 32.7 Å². The first-order valence-corrected chi connectivity index (χ1v) is 9.86. The quantitative estimate of drug-likeness (QED) is 0.853. The number of hydrogen-bond acceptors (Lipinski definition) is 5. The van der Waals surface area contributed by atoms with Crippen LogP contribution in [0, 0.1) is 5.92 Å². The van der Waals surface area contributed by atoms with E-state index in [0.717, 1.165) is 55.5 Å². The molecule has 0 aliphatic carbocycles. The molecule has 1 aromatic rings. The van der Waals surface area contributed by atoms with E-state index in [1.165, 1.54) is 4.38 Å². The summed E-state index contributed by atoms with van der Waals surface area (Å²) in [6, 6.07) is 1.92. The Kier molecular flexibility index (Phi) is 5.07. The van der Waals surface area contributed by atoms with Crippen molar-refractivity contribution in [3.05, 3.63) is 22.4 Å². The van der Waals surface area contributed by atoms with Crippen LogP contribution >= 0.6 is 34.9 Å². The van der Waals surface area contributed by atoms with Crippen molar-refractivity contribution < 1.29 is 4.79 Å². The van der Waals surface area contributed by atoms with Crippen LogP contribution in [0.5, 0.6) is 0 Å². The zero-order valence-electron chi connectivity index (χ0n) is 11.3. The highest BCUT2D eigenvalue weighted by Gasteiger charge is 2.24. The van der Waals surface area contributed by atoms with Crippen molar-refractivity contribution in [2.75, 3.05) is 31.1 Å². The van der Waals surface area contributed by atoms with Gasteiger partial charge >= 0.3 is 0 Å². The van der Waals surface area contributed by atoms with Crippen molar-refractivity contribution in [1.29, 1.82) is 0 Å². The molecule has 0 aromatic carbocycles. The second kappa shape index (κ2) is 7.00. The van der Waals surface area contributed by atoms with Crippen molar-refractivity contribution in [3.8, 4) is 0 Å². The Morgan fingerprint density at radius 3 is 2.95 bits per heavy atom. The summed E-state index contributed by atoms with van der Waals surface area (Å²) in [6.07, 6.45) is 2.25. The lowest BCUT2D eigenvalue weighted by Gasteiger charge is -2.31. The number of thiophene rings is 1. The normalized spacial score (nSPS) is 20.2. The van der Waals surface area contributed by atoms with Crippen LogP contribution in [0.3, 0.4) is 0 Å². The summed E-state index contributed by atoms with van der Waals surface area (Å²) >= 11 is 5.38. The van der Waals surface area contributed by atoms with Gasteiger partial charge in [0.25, 0.3) is 5.91 Å². The van der Waals surface area contributed by atoms with Gasteiger partial charge in [0.05, 0.1) is 12.1 Å². The summed E-state index contributed by atoms with van der Waals surface area (Å²) in [7, 11) is 0. The molecule has 3 heterocycles. The minimum absolute atomic E-state index is 0.202. The molecule has 3 rings (SSSR count). The fraction of sp³-hybridized carbons (Fsp3) is 0.571. The Morgan fingerprint density at radius 2 is 2.30 bits per heavy atom. The molecule has 1 saturated heterocycles. The molecule has 0 unspecified atom stereocenters. The SMILES string of the molecule is O=C(c1ccsc1)N1CCC(CSC2=NCCS2)CC1. The monoisotopic (exact) mass is 326 g/mol. The fourth-order valence-corrected chi connectivity index (χ4v) is 5.31. The van der Waals surface area contributed by atoms with Gasteiger partial charge in [-0.05, 0) is 30.2 Å². The minimum Gasteiger partial charge on any atom is -0.339 e. The Balaban J connectivity index is 1.43. The van der Waals surface area contributed by atoms with Crippen LogP contribution in [0.15, 0.2) is 21.8 Å². The number of likely N-dealkylation sites (tertiary alicyclic amines) is 1. The number of amides is 1. The number of carbonyl (C=O) groups excluding carboxylic acids is 1. The first-order chi connectivity index (χ1) is 9.83. The van der Waals surface area contributed by atoms with Gasteiger partial charge in [0.15, 0.2) is 0 Å². The number of thioether (sulfide) groups is 2. The summed E-state index contributed by atoms with van der Waals surface area (Å²) in [5.74, 6) is 3.24. The highest BCUT2D eigenvalue weighted by atomic mass is 32.2. The van der Waals surface area contributed by atoms with Crippen molar-refractivity contribution in [1.82, 2.24) is 4.90 Å². The molecule has 108 valence electrons. The van der Waals surface area contributed by atoms with Crippen molar-refractivity contribution in [2.24, 2.45) is 10.9 Å². The molecule has 1 aromatic heterocycles. The second-order valence-corrected chi connectivity index (χ2v) is 8.19. The lowest BCUT2D eigenvalue weighted by molar-refractivity contribution is 0.0699. The molecule has 2 aliphatic rings. The number of nitrogens with zero attached hydrogens (tertiary/aromatic N) is 2. The van der Waals surface area contributed by atoms with Crippen LogP contribution in [0.4, 0.5) is 0 Å². The minimum atomic E-state index is 0.202. The third-order valence-corrected chi connectivity index (χ3v) is 6.84. The molecule has 0 atom stereocenters. The molecule has 0 saturated carbocycles. The van der Waals surface area contributed by atoms with E-state index in [1.54, 1.807) is 11.3 Å². The number of aliphatic imine (C=N–C) groups is 1. The molecule has 2 aliphatic heterocycles. The van der Waals surface area contributed by atoms with Gasteiger partial charge in [-0.1, -0.05) is 23.5 Å². The first-order valence-electron chi connectivity index (χ1n) is 6.94. The highest BCUT2D eigenvalue weighted by Crippen LogP contribution is 2.28. The van der Waals surface area contributed by atoms with Crippen LogP contribution in [0.25, 0.3) is 0 Å². The van der Waals surface area contributed by atoms with Crippen molar-refractivity contribution in [2.45, 2.75) is 12.8 Å². The van der Waals surface area contributed by atoms with Crippen LogP contribution in [0.2, 0.25) is 0 Å². The lowest BCUT2D eigenvalue weighted by Crippen LogP contribution is -2.38. The maximum absolute atomic E-state index is 12.2. The predicted octanol–water partition coefficient (Wildman–Crippen LogP) is 3.44. The smallest absolute Gasteiger partial charge is 0.254 e. The third-order valence-electron chi connectivity index (χ3n) is 3.67. The van der Waals surface area contributed by atoms with Gasteiger partial charge in [-0.15, -0.1) is 0 Å². The van der Waals surface area contributed by atoms with Crippen LogP contribution in [-0.2, 0) is 0 Å². The molecule has 20 heavy (non-hydrogen) atoms. The molecule has 0 spiro atoms. The van der Waals surface area contributed by atoms with Gasteiger partial charge in [-0.2, -0.15) is 11.3 Å². The zero-order valence-corrected chi connectivity index (χ0v) is 13.7. The van der Waals surface area contributed by atoms with Crippen molar-refractivity contribution >= 4 is 45.1 Å². The summed E-state index contributed by atoms with van der Waals surface area (Å²) in [6.45, 7) is 2.79.